The molecule has 31 heavy (non-hydrogen) atoms. The summed E-state index contributed by atoms with van der Waals surface area (Å²) in [6, 6.07) is 9.67. The number of aryl methyl sites for hydroxylation is 1. The lowest BCUT2D eigenvalue weighted by Gasteiger charge is -2.34. The molecule has 1 heterocycles. The lowest BCUT2D eigenvalue weighted by Crippen LogP contribution is -2.51. The van der Waals surface area contributed by atoms with Gasteiger partial charge in [0.05, 0.1) is 19.1 Å². The molecule has 3 rings (SSSR count). The van der Waals surface area contributed by atoms with Crippen molar-refractivity contribution in [3.8, 4) is 17.2 Å². The van der Waals surface area contributed by atoms with Crippen molar-refractivity contribution in [3.63, 3.8) is 0 Å². The van der Waals surface area contributed by atoms with Gasteiger partial charge in [-0.2, -0.15) is 4.31 Å². The molecule has 0 spiro atoms. The summed E-state index contributed by atoms with van der Waals surface area (Å²) in [5.74, 6) is 1.15. The van der Waals surface area contributed by atoms with Crippen molar-refractivity contribution in [2.24, 2.45) is 0 Å². The van der Waals surface area contributed by atoms with Gasteiger partial charge in [-0.1, -0.05) is 11.6 Å². The third-order valence-corrected chi connectivity index (χ3v) is 7.39. The van der Waals surface area contributed by atoms with Crippen LogP contribution in [0.15, 0.2) is 41.3 Å². The zero-order chi connectivity index (χ0) is 22.6. The predicted molar refractivity (Wildman–Crippen MR) is 117 cm³/mol. The molecular formula is C21H25ClN2O6S. The normalized spacial score (nSPS) is 14.9. The Balaban J connectivity index is 1.59. The Bertz CT molecular complexity index is 1050. The first-order valence-electron chi connectivity index (χ1n) is 9.65. The molecule has 1 fully saturated rings. The van der Waals surface area contributed by atoms with E-state index < -0.39 is 10.0 Å². The van der Waals surface area contributed by atoms with Gasteiger partial charge >= 0.3 is 0 Å². The number of halogens is 1. The maximum atomic E-state index is 13.0. The largest absolute Gasteiger partial charge is 0.493 e. The van der Waals surface area contributed by atoms with Crippen LogP contribution in [-0.4, -0.2) is 70.5 Å². The minimum Gasteiger partial charge on any atom is -0.493 e. The molecule has 0 bridgehead atoms. The molecule has 0 atom stereocenters. The number of carbonyl (C=O) groups is 1. The van der Waals surface area contributed by atoms with Crippen LogP contribution in [0, 0.1) is 6.92 Å². The Morgan fingerprint density at radius 2 is 1.68 bits per heavy atom. The van der Waals surface area contributed by atoms with Gasteiger partial charge in [-0.15, -0.1) is 0 Å². The van der Waals surface area contributed by atoms with Gasteiger partial charge in [-0.05, 0) is 42.8 Å². The summed E-state index contributed by atoms with van der Waals surface area (Å²) in [5, 5.41) is 0.630. The molecule has 0 N–H and O–H groups in total. The van der Waals surface area contributed by atoms with E-state index in [2.05, 4.69) is 0 Å². The average Bonchev–Trinajstić information content (AvgIpc) is 2.79. The van der Waals surface area contributed by atoms with E-state index in [4.69, 9.17) is 25.8 Å². The van der Waals surface area contributed by atoms with Crippen molar-refractivity contribution in [1.29, 1.82) is 0 Å². The van der Waals surface area contributed by atoms with Gasteiger partial charge in [0.15, 0.2) is 18.1 Å². The van der Waals surface area contributed by atoms with Crippen LogP contribution in [0.2, 0.25) is 5.02 Å². The zero-order valence-corrected chi connectivity index (χ0v) is 19.2. The second-order valence-corrected chi connectivity index (χ2v) is 9.35. The van der Waals surface area contributed by atoms with Gasteiger partial charge in [0.25, 0.3) is 5.91 Å². The number of carbonyl (C=O) groups excluding carboxylic acids is 1. The van der Waals surface area contributed by atoms with Crippen LogP contribution in [-0.2, 0) is 14.8 Å². The number of hydrogen-bond donors (Lipinski definition) is 0. The van der Waals surface area contributed by atoms with Crippen LogP contribution in [0.25, 0.3) is 0 Å². The van der Waals surface area contributed by atoms with E-state index in [1.54, 1.807) is 29.2 Å². The fraction of sp³-hybridized carbons (Fsp3) is 0.381. The second kappa shape index (κ2) is 9.76. The fourth-order valence-corrected chi connectivity index (χ4v) is 4.80. The molecule has 2 aromatic carbocycles. The number of rotatable bonds is 7. The van der Waals surface area contributed by atoms with Crippen LogP contribution in [0.1, 0.15) is 5.56 Å². The maximum Gasteiger partial charge on any atom is 0.260 e. The maximum absolute atomic E-state index is 13.0. The van der Waals surface area contributed by atoms with E-state index in [9.17, 15) is 13.2 Å². The molecule has 0 unspecified atom stereocenters. The van der Waals surface area contributed by atoms with Crippen LogP contribution in [0.4, 0.5) is 0 Å². The monoisotopic (exact) mass is 468 g/mol. The predicted octanol–water partition coefficient (Wildman–Crippen LogP) is 2.58. The van der Waals surface area contributed by atoms with E-state index in [0.29, 0.717) is 22.3 Å². The zero-order valence-electron chi connectivity index (χ0n) is 17.6. The summed E-state index contributed by atoms with van der Waals surface area (Å²) in [7, 11) is -0.780. The number of amides is 1. The third kappa shape index (κ3) is 5.23. The number of sulfonamides is 1. The molecule has 1 saturated heterocycles. The van der Waals surface area contributed by atoms with E-state index in [0.717, 1.165) is 5.56 Å². The number of methoxy groups -OCH3 is 2. The molecule has 8 nitrogen and oxygen atoms in total. The van der Waals surface area contributed by atoms with Gasteiger partial charge < -0.3 is 19.1 Å². The van der Waals surface area contributed by atoms with E-state index in [-0.39, 0.29) is 43.6 Å². The highest BCUT2D eigenvalue weighted by atomic mass is 35.5. The number of hydrogen-bond acceptors (Lipinski definition) is 6. The van der Waals surface area contributed by atoms with Crippen molar-refractivity contribution < 1.29 is 27.4 Å². The van der Waals surface area contributed by atoms with Crippen LogP contribution in [0.5, 0.6) is 17.2 Å². The SMILES string of the molecule is COc1ccc(S(=O)(=O)N2CCN(C(=O)COc3ccc(Cl)c(C)c3)CC2)cc1OC. The van der Waals surface area contributed by atoms with E-state index in [1.165, 1.54) is 30.7 Å². The summed E-state index contributed by atoms with van der Waals surface area (Å²) in [6.45, 7) is 2.70. The number of piperazine rings is 1. The first kappa shape index (κ1) is 23.2. The molecule has 1 aliphatic heterocycles. The number of ether oxygens (including phenoxy) is 3. The van der Waals surface area contributed by atoms with E-state index in [1.807, 2.05) is 6.92 Å². The summed E-state index contributed by atoms with van der Waals surface area (Å²) in [6.07, 6.45) is 0. The van der Waals surface area contributed by atoms with Crippen LogP contribution >= 0.6 is 11.6 Å². The summed E-state index contributed by atoms with van der Waals surface area (Å²) in [4.78, 5) is 14.2. The van der Waals surface area contributed by atoms with Gasteiger partial charge in [0.2, 0.25) is 10.0 Å². The summed E-state index contributed by atoms with van der Waals surface area (Å²) in [5.41, 5.74) is 0.862. The first-order chi connectivity index (χ1) is 14.8. The lowest BCUT2D eigenvalue weighted by atomic mass is 10.2. The number of benzene rings is 2. The van der Waals surface area contributed by atoms with Crippen molar-refractivity contribution >= 4 is 27.5 Å². The van der Waals surface area contributed by atoms with Gasteiger partial charge in [-0.25, -0.2) is 8.42 Å². The molecule has 1 amide bonds. The van der Waals surface area contributed by atoms with Crippen molar-refractivity contribution in [2.45, 2.75) is 11.8 Å². The molecule has 0 saturated carbocycles. The summed E-state index contributed by atoms with van der Waals surface area (Å²) < 4.78 is 43.3. The highest BCUT2D eigenvalue weighted by molar-refractivity contribution is 7.89. The second-order valence-electron chi connectivity index (χ2n) is 7.00. The molecule has 2 aromatic rings. The first-order valence-corrected chi connectivity index (χ1v) is 11.5. The van der Waals surface area contributed by atoms with Crippen molar-refractivity contribution in [1.82, 2.24) is 9.21 Å². The Morgan fingerprint density at radius 1 is 1.00 bits per heavy atom. The third-order valence-electron chi connectivity index (χ3n) is 5.08. The molecule has 10 heteroatoms. The molecule has 1 aliphatic rings. The Hall–Kier alpha value is -2.49. The summed E-state index contributed by atoms with van der Waals surface area (Å²) >= 11 is 5.99. The quantitative estimate of drug-likeness (QED) is 0.621. The molecular weight excluding hydrogens is 444 g/mol. The van der Waals surface area contributed by atoms with Crippen molar-refractivity contribution in [3.05, 3.63) is 47.0 Å². The van der Waals surface area contributed by atoms with Crippen LogP contribution in [0.3, 0.4) is 0 Å². The minimum atomic E-state index is -3.72. The molecule has 0 aliphatic carbocycles. The van der Waals surface area contributed by atoms with Gasteiger partial charge in [0.1, 0.15) is 5.75 Å². The van der Waals surface area contributed by atoms with Gasteiger partial charge in [-0.3, -0.25) is 4.79 Å². The Morgan fingerprint density at radius 3 is 2.29 bits per heavy atom. The Kier molecular flexibility index (Phi) is 7.30. The van der Waals surface area contributed by atoms with Crippen LogP contribution < -0.4 is 14.2 Å². The van der Waals surface area contributed by atoms with Gasteiger partial charge in [0, 0.05) is 37.3 Å². The average molecular weight is 469 g/mol. The topological polar surface area (TPSA) is 85.4 Å². The Labute approximate surface area is 187 Å². The minimum absolute atomic E-state index is 0.117. The fourth-order valence-electron chi connectivity index (χ4n) is 3.25. The molecule has 168 valence electrons. The number of nitrogens with zero attached hydrogens (tertiary/aromatic N) is 2. The molecule has 0 radical (unpaired) electrons. The smallest absolute Gasteiger partial charge is 0.260 e. The van der Waals surface area contributed by atoms with E-state index >= 15 is 0 Å². The highest BCUT2D eigenvalue weighted by Gasteiger charge is 2.31. The van der Waals surface area contributed by atoms with Crippen molar-refractivity contribution in [2.75, 3.05) is 47.0 Å². The lowest BCUT2D eigenvalue weighted by molar-refractivity contribution is -0.134. The highest BCUT2D eigenvalue weighted by Crippen LogP contribution is 2.31. The standard InChI is InChI=1S/C21H25ClN2O6S/c1-15-12-16(4-6-18(15)22)30-14-21(25)23-8-10-24(11-9-23)31(26,27)17-5-7-19(28-2)20(13-17)29-3/h4-7,12-13H,8-11,14H2,1-3H3. The molecule has 0 aromatic heterocycles.